The van der Waals surface area contributed by atoms with Crippen LogP contribution in [0.3, 0.4) is 0 Å². The molecular formula is C8H10N4S. The van der Waals surface area contributed by atoms with E-state index >= 15 is 0 Å². The Morgan fingerprint density at radius 2 is 2.46 bits per heavy atom. The molecule has 0 radical (unpaired) electrons. The summed E-state index contributed by atoms with van der Waals surface area (Å²) in [6.07, 6.45) is 1.84. The van der Waals surface area contributed by atoms with E-state index in [1.165, 1.54) is 0 Å². The van der Waals surface area contributed by atoms with Crippen molar-refractivity contribution in [3.8, 4) is 0 Å². The average Bonchev–Trinajstić information content (AvgIpc) is 2.52. The molecule has 4 nitrogen and oxygen atoms in total. The van der Waals surface area contributed by atoms with Gasteiger partial charge in [0.1, 0.15) is 16.5 Å². The van der Waals surface area contributed by atoms with E-state index in [2.05, 4.69) is 15.3 Å². The first-order valence-corrected chi connectivity index (χ1v) is 4.83. The number of aryl methyl sites for hydroxylation is 1. The fourth-order valence-corrected chi connectivity index (χ4v) is 1.82. The third kappa shape index (κ3) is 1.70. The summed E-state index contributed by atoms with van der Waals surface area (Å²) in [5.41, 5.74) is 7.43. The number of aromatic nitrogens is 1. The van der Waals surface area contributed by atoms with Crippen molar-refractivity contribution >= 4 is 22.9 Å². The van der Waals surface area contributed by atoms with Crippen molar-refractivity contribution in [1.82, 2.24) is 10.3 Å². The summed E-state index contributed by atoms with van der Waals surface area (Å²) in [6.45, 7) is 2.58. The number of nitrogens with one attached hydrogen (secondary N) is 1. The van der Waals surface area contributed by atoms with Crippen LogP contribution in [0.15, 0.2) is 16.6 Å². The number of aliphatic imine (C=N–C) groups is 1. The van der Waals surface area contributed by atoms with E-state index < -0.39 is 0 Å². The van der Waals surface area contributed by atoms with Crippen molar-refractivity contribution in [2.45, 2.75) is 6.92 Å². The fourth-order valence-electron chi connectivity index (χ4n) is 1.06. The van der Waals surface area contributed by atoms with Crippen molar-refractivity contribution < 1.29 is 0 Å². The quantitative estimate of drug-likeness (QED) is 0.692. The lowest BCUT2D eigenvalue weighted by molar-refractivity contribution is 0.984. The van der Waals surface area contributed by atoms with Gasteiger partial charge in [-0.2, -0.15) is 0 Å². The highest BCUT2D eigenvalue weighted by Crippen LogP contribution is 2.20. The summed E-state index contributed by atoms with van der Waals surface area (Å²) < 4.78 is 0. The number of hydrogen-bond acceptors (Lipinski definition) is 5. The average molecular weight is 194 g/mol. The molecule has 1 aromatic rings. The van der Waals surface area contributed by atoms with E-state index in [0.717, 1.165) is 16.4 Å². The smallest absolute Gasteiger partial charge is 0.143 e. The van der Waals surface area contributed by atoms with E-state index in [9.17, 15) is 0 Å². The minimum absolute atomic E-state index is 0.602. The van der Waals surface area contributed by atoms with E-state index in [4.69, 9.17) is 5.73 Å². The Morgan fingerprint density at radius 3 is 3.08 bits per heavy atom. The SMILES string of the molecule is Cc1csc(C2=CNCC(N)=N2)n1. The summed E-state index contributed by atoms with van der Waals surface area (Å²) in [5, 5.41) is 5.95. The van der Waals surface area contributed by atoms with E-state index in [1.54, 1.807) is 11.3 Å². The van der Waals surface area contributed by atoms with Crippen molar-refractivity contribution in [3.05, 3.63) is 22.3 Å². The zero-order chi connectivity index (χ0) is 9.26. The topological polar surface area (TPSA) is 63.3 Å². The molecule has 13 heavy (non-hydrogen) atoms. The lowest BCUT2D eigenvalue weighted by Gasteiger charge is -2.08. The van der Waals surface area contributed by atoms with Crippen molar-refractivity contribution in [3.63, 3.8) is 0 Å². The molecule has 2 heterocycles. The summed E-state index contributed by atoms with van der Waals surface area (Å²) in [7, 11) is 0. The molecule has 0 aliphatic carbocycles. The molecule has 3 N–H and O–H groups in total. The minimum Gasteiger partial charge on any atom is -0.386 e. The fraction of sp³-hybridized carbons (Fsp3) is 0.250. The van der Waals surface area contributed by atoms with Gasteiger partial charge in [-0.1, -0.05) is 0 Å². The molecule has 68 valence electrons. The Hall–Kier alpha value is -1.36. The van der Waals surface area contributed by atoms with Gasteiger partial charge in [-0.25, -0.2) is 9.98 Å². The van der Waals surface area contributed by atoms with Crippen molar-refractivity contribution in [2.24, 2.45) is 10.7 Å². The third-order valence-electron chi connectivity index (χ3n) is 1.62. The van der Waals surface area contributed by atoms with Gasteiger partial charge in [0, 0.05) is 17.3 Å². The molecule has 0 spiro atoms. The van der Waals surface area contributed by atoms with Gasteiger partial charge in [-0.05, 0) is 6.92 Å². The lowest BCUT2D eigenvalue weighted by atomic mass is 10.4. The van der Waals surface area contributed by atoms with Crippen molar-refractivity contribution in [1.29, 1.82) is 0 Å². The maximum absolute atomic E-state index is 5.59. The van der Waals surface area contributed by atoms with Gasteiger partial charge in [0.2, 0.25) is 0 Å². The molecule has 1 aromatic heterocycles. The van der Waals surface area contributed by atoms with Gasteiger partial charge in [0.15, 0.2) is 0 Å². The molecule has 0 bridgehead atoms. The molecule has 0 unspecified atom stereocenters. The predicted octanol–water partition coefficient (Wildman–Crippen LogP) is 0.710. The van der Waals surface area contributed by atoms with Gasteiger partial charge in [-0.3, -0.25) is 0 Å². The van der Waals surface area contributed by atoms with Crippen LogP contribution in [0.1, 0.15) is 10.7 Å². The van der Waals surface area contributed by atoms with E-state index in [-0.39, 0.29) is 0 Å². The lowest BCUT2D eigenvalue weighted by Crippen LogP contribution is -2.28. The van der Waals surface area contributed by atoms with Crippen LogP contribution in [0.5, 0.6) is 0 Å². The van der Waals surface area contributed by atoms with Crippen LogP contribution in [-0.4, -0.2) is 17.4 Å². The molecule has 5 heteroatoms. The molecule has 0 amide bonds. The second kappa shape index (κ2) is 3.18. The van der Waals surface area contributed by atoms with Crippen LogP contribution in [0, 0.1) is 6.92 Å². The number of hydrogen-bond donors (Lipinski definition) is 2. The summed E-state index contributed by atoms with van der Waals surface area (Å²) in [5.74, 6) is 0.602. The first-order valence-electron chi connectivity index (χ1n) is 3.95. The molecule has 1 aliphatic heterocycles. The third-order valence-corrected chi connectivity index (χ3v) is 2.61. The highest BCUT2D eigenvalue weighted by Gasteiger charge is 2.08. The van der Waals surface area contributed by atoms with E-state index in [1.807, 2.05) is 18.5 Å². The van der Waals surface area contributed by atoms with Crippen LogP contribution in [-0.2, 0) is 0 Å². The highest BCUT2D eigenvalue weighted by atomic mass is 32.1. The maximum atomic E-state index is 5.59. The van der Waals surface area contributed by atoms with E-state index in [0.29, 0.717) is 12.4 Å². The largest absolute Gasteiger partial charge is 0.386 e. The number of thiazole rings is 1. The highest BCUT2D eigenvalue weighted by molar-refractivity contribution is 7.10. The summed E-state index contributed by atoms with van der Waals surface area (Å²) in [6, 6.07) is 0. The number of amidine groups is 1. The Morgan fingerprint density at radius 1 is 1.62 bits per heavy atom. The van der Waals surface area contributed by atoms with Crippen molar-refractivity contribution in [2.75, 3.05) is 6.54 Å². The first-order chi connectivity index (χ1) is 6.25. The Kier molecular flexibility index (Phi) is 2.02. The van der Waals surface area contributed by atoms with Crippen LogP contribution >= 0.6 is 11.3 Å². The number of nitrogens with zero attached hydrogens (tertiary/aromatic N) is 2. The van der Waals surface area contributed by atoms with Crippen LogP contribution in [0.25, 0.3) is 5.70 Å². The summed E-state index contributed by atoms with van der Waals surface area (Å²) in [4.78, 5) is 8.52. The van der Waals surface area contributed by atoms with Crippen LogP contribution < -0.4 is 11.1 Å². The Balaban J connectivity index is 2.32. The minimum atomic E-state index is 0.602. The molecule has 0 saturated carbocycles. The molecule has 0 fully saturated rings. The van der Waals surface area contributed by atoms with Gasteiger partial charge in [0.25, 0.3) is 0 Å². The summed E-state index contributed by atoms with van der Waals surface area (Å²) >= 11 is 1.58. The molecule has 1 aliphatic rings. The van der Waals surface area contributed by atoms with Crippen LogP contribution in [0.4, 0.5) is 0 Å². The normalized spacial score (nSPS) is 16.1. The Bertz CT molecular complexity index is 377. The zero-order valence-corrected chi connectivity index (χ0v) is 8.06. The molecule has 0 saturated heterocycles. The molecule has 0 atom stereocenters. The predicted molar refractivity (Wildman–Crippen MR) is 54.5 cm³/mol. The molecular weight excluding hydrogens is 184 g/mol. The first kappa shape index (κ1) is 8.25. The molecule has 0 aromatic carbocycles. The second-order valence-corrected chi connectivity index (χ2v) is 3.67. The standard InChI is InChI=1S/C8H10N4S/c1-5-4-13-8(11-5)6-2-10-3-7(9)12-6/h2,4,10H,3H2,1H3,(H2,9,12). The number of nitrogens with two attached hydrogens (primary N) is 1. The van der Waals surface area contributed by atoms with Gasteiger partial charge >= 0.3 is 0 Å². The molecule has 2 rings (SSSR count). The monoisotopic (exact) mass is 194 g/mol. The van der Waals surface area contributed by atoms with Gasteiger partial charge < -0.3 is 11.1 Å². The maximum Gasteiger partial charge on any atom is 0.143 e. The van der Waals surface area contributed by atoms with Gasteiger partial charge in [-0.15, -0.1) is 11.3 Å². The number of rotatable bonds is 1. The zero-order valence-electron chi connectivity index (χ0n) is 7.24. The second-order valence-electron chi connectivity index (χ2n) is 2.81. The van der Waals surface area contributed by atoms with Gasteiger partial charge in [0.05, 0.1) is 6.54 Å². The van der Waals surface area contributed by atoms with Crippen LogP contribution in [0.2, 0.25) is 0 Å². The Labute approximate surface area is 80.2 Å².